The van der Waals surface area contributed by atoms with Crippen molar-refractivity contribution in [2.45, 2.75) is 38.0 Å². The van der Waals surface area contributed by atoms with Crippen LogP contribution in [-0.4, -0.2) is 55.9 Å². The fraction of sp³-hybridized carbons (Fsp3) is 0.833. The molecular weight excluding hydrogens is 236 g/mol. The zero-order valence-corrected chi connectivity index (χ0v) is 11.0. The molecule has 0 spiro atoms. The van der Waals surface area contributed by atoms with Crippen molar-refractivity contribution in [3.05, 3.63) is 0 Å². The van der Waals surface area contributed by atoms with Gasteiger partial charge in [-0.3, -0.25) is 9.69 Å². The Bertz CT molecular complexity index is 347. The summed E-state index contributed by atoms with van der Waals surface area (Å²) in [6, 6.07) is -0.432. The number of nitrogens with one attached hydrogen (secondary N) is 1. The molecule has 2 fully saturated rings. The van der Waals surface area contributed by atoms with Crippen LogP contribution in [0.2, 0.25) is 0 Å². The molecule has 2 aliphatic rings. The number of ether oxygens (including phenoxy) is 2. The molecule has 0 radical (unpaired) electrons. The number of imide groups is 1. The summed E-state index contributed by atoms with van der Waals surface area (Å²) in [6.45, 7) is 2.20. The van der Waals surface area contributed by atoms with Crippen LogP contribution in [0.3, 0.4) is 0 Å². The van der Waals surface area contributed by atoms with Gasteiger partial charge in [-0.15, -0.1) is 0 Å². The van der Waals surface area contributed by atoms with Gasteiger partial charge in [0, 0.05) is 26.8 Å². The zero-order chi connectivity index (χ0) is 13.3. The van der Waals surface area contributed by atoms with E-state index < -0.39 is 0 Å². The number of urea groups is 1. The molecule has 0 aromatic rings. The summed E-state index contributed by atoms with van der Waals surface area (Å²) in [4.78, 5) is 25.2. The first-order valence-electron chi connectivity index (χ1n) is 6.29. The second-order valence-electron chi connectivity index (χ2n) is 4.76. The van der Waals surface area contributed by atoms with Crippen LogP contribution in [-0.2, 0) is 14.3 Å². The van der Waals surface area contributed by atoms with Crippen molar-refractivity contribution in [3.63, 3.8) is 0 Å². The highest BCUT2D eigenvalue weighted by Gasteiger charge is 2.47. The predicted octanol–water partition coefficient (Wildman–Crippen LogP) is 0.367. The van der Waals surface area contributed by atoms with Crippen LogP contribution in [0, 0.1) is 5.92 Å². The lowest BCUT2D eigenvalue weighted by atomic mass is 9.79. The highest BCUT2D eigenvalue weighted by molar-refractivity contribution is 5.98. The maximum Gasteiger partial charge on any atom is 0.324 e. The second-order valence-corrected chi connectivity index (χ2v) is 4.76. The molecule has 2 rings (SSSR count). The normalized spacial score (nSPS) is 36.3. The van der Waals surface area contributed by atoms with Crippen molar-refractivity contribution < 1.29 is 19.1 Å². The number of amides is 3. The maximum absolute atomic E-state index is 12.2. The Morgan fingerprint density at radius 3 is 2.39 bits per heavy atom. The molecule has 4 unspecified atom stereocenters. The largest absolute Gasteiger partial charge is 0.379 e. The van der Waals surface area contributed by atoms with Crippen molar-refractivity contribution in [2.75, 3.05) is 20.8 Å². The van der Waals surface area contributed by atoms with Gasteiger partial charge < -0.3 is 14.8 Å². The summed E-state index contributed by atoms with van der Waals surface area (Å²) < 4.78 is 10.7. The van der Waals surface area contributed by atoms with E-state index in [0.717, 1.165) is 0 Å². The van der Waals surface area contributed by atoms with E-state index in [4.69, 9.17) is 9.47 Å². The number of fused-ring (bicyclic) bond motifs is 1. The van der Waals surface area contributed by atoms with Gasteiger partial charge in [-0.25, -0.2) is 4.79 Å². The lowest BCUT2D eigenvalue weighted by molar-refractivity contribution is -0.143. The third kappa shape index (κ3) is 2.10. The molecule has 102 valence electrons. The lowest BCUT2D eigenvalue weighted by Crippen LogP contribution is -2.64. The summed E-state index contributed by atoms with van der Waals surface area (Å²) in [5, 5.41) is 2.89. The van der Waals surface area contributed by atoms with Crippen LogP contribution in [0.1, 0.15) is 19.8 Å². The Kier molecular flexibility index (Phi) is 3.87. The molecule has 4 atom stereocenters. The smallest absolute Gasteiger partial charge is 0.324 e. The van der Waals surface area contributed by atoms with Crippen molar-refractivity contribution in [1.29, 1.82) is 0 Å². The molecule has 1 saturated heterocycles. The highest BCUT2D eigenvalue weighted by atomic mass is 16.5. The fourth-order valence-electron chi connectivity index (χ4n) is 2.90. The Morgan fingerprint density at radius 2 is 1.83 bits per heavy atom. The van der Waals surface area contributed by atoms with E-state index >= 15 is 0 Å². The molecular formula is C12H20N2O4. The number of hydrogen-bond donors (Lipinski definition) is 1. The van der Waals surface area contributed by atoms with Gasteiger partial charge in [0.2, 0.25) is 5.91 Å². The minimum atomic E-state index is -0.297. The Hall–Kier alpha value is -1.14. The quantitative estimate of drug-likeness (QED) is 0.792. The van der Waals surface area contributed by atoms with Crippen molar-refractivity contribution in [3.8, 4) is 0 Å². The summed E-state index contributed by atoms with van der Waals surface area (Å²) in [7, 11) is 3.25. The van der Waals surface area contributed by atoms with E-state index in [2.05, 4.69) is 5.32 Å². The lowest BCUT2D eigenvalue weighted by Gasteiger charge is -2.44. The number of carbonyl (C=O) groups is 2. The Morgan fingerprint density at radius 1 is 1.22 bits per heavy atom. The highest BCUT2D eigenvalue weighted by Crippen LogP contribution is 2.32. The fourth-order valence-corrected chi connectivity index (χ4v) is 2.90. The molecule has 0 bridgehead atoms. The molecule has 1 heterocycles. The van der Waals surface area contributed by atoms with Crippen molar-refractivity contribution in [1.82, 2.24) is 10.2 Å². The SMILES string of the molecule is CCN1C(=O)NC2CC(OC)C(OC)CC2C1=O. The van der Waals surface area contributed by atoms with Crippen LogP contribution in [0.5, 0.6) is 0 Å². The van der Waals surface area contributed by atoms with Gasteiger partial charge in [-0.1, -0.05) is 0 Å². The zero-order valence-electron chi connectivity index (χ0n) is 11.0. The number of hydrogen-bond acceptors (Lipinski definition) is 4. The van der Waals surface area contributed by atoms with E-state index in [9.17, 15) is 9.59 Å². The van der Waals surface area contributed by atoms with E-state index in [0.29, 0.717) is 19.4 Å². The van der Waals surface area contributed by atoms with Crippen LogP contribution >= 0.6 is 0 Å². The Labute approximate surface area is 107 Å². The third-order valence-corrected chi connectivity index (χ3v) is 3.93. The molecule has 6 heteroatoms. The predicted molar refractivity (Wildman–Crippen MR) is 64.0 cm³/mol. The van der Waals surface area contributed by atoms with E-state index in [1.165, 1.54) is 4.90 Å². The van der Waals surface area contributed by atoms with Gasteiger partial charge in [0.15, 0.2) is 0 Å². The van der Waals surface area contributed by atoms with Crippen LogP contribution < -0.4 is 5.32 Å². The average molecular weight is 256 g/mol. The van der Waals surface area contributed by atoms with Crippen LogP contribution in [0.25, 0.3) is 0 Å². The van der Waals surface area contributed by atoms with Gasteiger partial charge in [-0.05, 0) is 19.8 Å². The first kappa shape index (κ1) is 13.3. The summed E-state index contributed by atoms with van der Waals surface area (Å²) >= 11 is 0. The van der Waals surface area contributed by atoms with Crippen LogP contribution in [0.4, 0.5) is 4.79 Å². The Balaban J connectivity index is 2.16. The first-order chi connectivity index (χ1) is 8.62. The summed E-state index contributed by atoms with van der Waals surface area (Å²) in [5.41, 5.74) is 0. The average Bonchev–Trinajstić information content (AvgIpc) is 2.37. The molecule has 1 N–H and O–H groups in total. The minimum absolute atomic E-state index is 0.0717. The third-order valence-electron chi connectivity index (χ3n) is 3.93. The van der Waals surface area contributed by atoms with E-state index in [1.807, 2.05) is 0 Å². The molecule has 3 amide bonds. The molecule has 1 saturated carbocycles. The second kappa shape index (κ2) is 5.24. The minimum Gasteiger partial charge on any atom is -0.379 e. The number of nitrogens with zero attached hydrogens (tertiary/aromatic N) is 1. The van der Waals surface area contributed by atoms with Gasteiger partial charge in [0.1, 0.15) is 0 Å². The van der Waals surface area contributed by atoms with Gasteiger partial charge >= 0.3 is 6.03 Å². The maximum atomic E-state index is 12.2. The van der Waals surface area contributed by atoms with Gasteiger partial charge in [-0.2, -0.15) is 0 Å². The van der Waals surface area contributed by atoms with E-state index in [1.54, 1.807) is 21.1 Å². The van der Waals surface area contributed by atoms with Gasteiger partial charge in [0.05, 0.1) is 18.1 Å². The molecule has 0 aromatic carbocycles. The summed E-state index contributed by atoms with van der Waals surface area (Å²) in [5.74, 6) is -0.290. The first-order valence-corrected chi connectivity index (χ1v) is 6.29. The molecule has 1 aliphatic carbocycles. The van der Waals surface area contributed by atoms with Crippen molar-refractivity contribution in [2.24, 2.45) is 5.92 Å². The number of methoxy groups -OCH3 is 2. The standard InChI is InChI=1S/C12H20N2O4/c1-4-14-11(15)7-5-9(17-2)10(18-3)6-8(7)13-12(14)16/h7-10H,4-6H2,1-3H3,(H,13,16). The molecule has 1 aliphatic heterocycles. The molecule has 18 heavy (non-hydrogen) atoms. The van der Waals surface area contributed by atoms with Crippen molar-refractivity contribution >= 4 is 11.9 Å². The number of carbonyl (C=O) groups excluding carboxylic acids is 2. The summed E-state index contributed by atoms with van der Waals surface area (Å²) in [6.07, 6.45) is 1.05. The molecule has 0 aromatic heterocycles. The monoisotopic (exact) mass is 256 g/mol. The topological polar surface area (TPSA) is 67.9 Å². The van der Waals surface area contributed by atoms with Crippen LogP contribution in [0.15, 0.2) is 0 Å². The number of rotatable bonds is 3. The van der Waals surface area contributed by atoms with Gasteiger partial charge in [0.25, 0.3) is 0 Å². The molecule has 6 nitrogen and oxygen atoms in total. The van der Waals surface area contributed by atoms with E-state index in [-0.39, 0.29) is 36.1 Å².